The molecule has 0 aliphatic rings. The maximum atomic E-state index is 12.8. The number of nitrogens with one attached hydrogen (secondary N) is 1. The molecule has 2 aromatic carbocycles. The number of benzene rings is 2. The Morgan fingerprint density at radius 1 is 1.04 bits per heavy atom. The van der Waals surface area contributed by atoms with E-state index < -0.39 is 16.0 Å². The predicted octanol–water partition coefficient (Wildman–Crippen LogP) is 2.90. The van der Waals surface area contributed by atoms with Crippen LogP contribution in [0.4, 0.5) is 5.69 Å². The van der Waals surface area contributed by atoms with Crippen LogP contribution in [0.2, 0.25) is 0 Å². The molecule has 0 spiro atoms. The minimum atomic E-state index is -3.88. The van der Waals surface area contributed by atoms with Gasteiger partial charge in [0.1, 0.15) is 5.75 Å². The highest BCUT2D eigenvalue weighted by atomic mass is 32.2. The van der Waals surface area contributed by atoms with E-state index in [0.29, 0.717) is 16.9 Å². The number of sulfonamides is 1. The van der Waals surface area contributed by atoms with Gasteiger partial charge in [-0.1, -0.05) is 12.1 Å². The first-order valence-electron chi connectivity index (χ1n) is 7.15. The first-order chi connectivity index (χ1) is 11.3. The van der Waals surface area contributed by atoms with E-state index in [1.165, 1.54) is 26.4 Å². The molecule has 0 atom stereocenters. The molecule has 1 N–H and O–H groups in total. The fourth-order valence-electron chi connectivity index (χ4n) is 2.51. The molecule has 0 aromatic heterocycles. The molecule has 0 saturated carbocycles. The van der Waals surface area contributed by atoms with Gasteiger partial charge in [-0.05, 0) is 49.2 Å². The van der Waals surface area contributed by atoms with Crippen LogP contribution in [0.3, 0.4) is 0 Å². The number of rotatable bonds is 5. The topological polar surface area (TPSA) is 81.7 Å². The van der Waals surface area contributed by atoms with E-state index >= 15 is 0 Å². The molecule has 2 aromatic rings. The average molecular weight is 349 g/mol. The molecule has 0 radical (unpaired) electrons. The van der Waals surface area contributed by atoms with Gasteiger partial charge in [0.2, 0.25) is 0 Å². The summed E-state index contributed by atoms with van der Waals surface area (Å²) in [4.78, 5) is 12.0. The molecule has 0 aliphatic carbocycles. The molecule has 0 bridgehead atoms. The number of hydrogen-bond acceptors (Lipinski definition) is 5. The highest BCUT2D eigenvalue weighted by molar-refractivity contribution is 7.92. The van der Waals surface area contributed by atoms with Crippen LogP contribution in [0.1, 0.15) is 21.5 Å². The Kier molecular flexibility index (Phi) is 5.14. The van der Waals surface area contributed by atoms with E-state index in [1.807, 2.05) is 0 Å². The minimum Gasteiger partial charge on any atom is -0.497 e. The van der Waals surface area contributed by atoms with Crippen molar-refractivity contribution in [1.29, 1.82) is 0 Å². The second-order valence-electron chi connectivity index (χ2n) is 5.23. The van der Waals surface area contributed by atoms with Gasteiger partial charge in [-0.15, -0.1) is 0 Å². The molecule has 128 valence electrons. The first kappa shape index (κ1) is 17.8. The number of anilines is 1. The third kappa shape index (κ3) is 3.51. The smallest absolute Gasteiger partial charge is 0.339 e. The summed E-state index contributed by atoms with van der Waals surface area (Å²) in [6.45, 7) is 3.38. The molecular weight excluding hydrogens is 330 g/mol. The van der Waals surface area contributed by atoms with Crippen LogP contribution >= 0.6 is 0 Å². The number of esters is 1. The Balaban J connectivity index is 2.50. The Morgan fingerprint density at radius 2 is 1.62 bits per heavy atom. The van der Waals surface area contributed by atoms with Crippen LogP contribution in [-0.4, -0.2) is 28.6 Å². The normalized spacial score (nSPS) is 11.0. The average Bonchev–Trinajstić information content (AvgIpc) is 2.53. The van der Waals surface area contributed by atoms with Crippen molar-refractivity contribution in [2.24, 2.45) is 0 Å². The number of ether oxygens (including phenoxy) is 2. The van der Waals surface area contributed by atoms with Crippen molar-refractivity contribution >= 4 is 21.7 Å². The van der Waals surface area contributed by atoms with Crippen molar-refractivity contribution in [3.8, 4) is 5.75 Å². The van der Waals surface area contributed by atoms with Crippen LogP contribution in [0.15, 0.2) is 41.3 Å². The van der Waals surface area contributed by atoms with Gasteiger partial charge in [0.05, 0.1) is 30.4 Å². The molecule has 0 amide bonds. The van der Waals surface area contributed by atoms with Crippen LogP contribution in [0.5, 0.6) is 5.75 Å². The summed E-state index contributed by atoms with van der Waals surface area (Å²) in [5.74, 6) is -0.0321. The zero-order chi connectivity index (χ0) is 17.9. The summed E-state index contributed by atoms with van der Waals surface area (Å²) in [5, 5.41) is 0. The van der Waals surface area contributed by atoms with Gasteiger partial charge >= 0.3 is 5.97 Å². The lowest BCUT2D eigenvalue weighted by Crippen LogP contribution is -2.18. The van der Waals surface area contributed by atoms with E-state index in [-0.39, 0.29) is 16.1 Å². The van der Waals surface area contributed by atoms with Crippen molar-refractivity contribution in [1.82, 2.24) is 0 Å². The fraction of sp³-hybridized carbons (Fsp3) is 0.235. The maximum Gasteiger partial charge on any atom is 0.339 e. The molecule has 24 heavy (non-hydrogen) atoms. The summed E-state index contributed by atoms with van der Waals surface area (Å²) in [5.41, 5.74) is 1.41. The highest BCUT2D eigenvalue weighted by Gasteiger charge is 2.23. The summed E-state index contributed by atoms with van der Waals surface area (Å²) >= 11 is 0. The van der Waals surface area contributed by atoms with Gasteiger partial charge in [-0.2, -0.15) is 0 Å². The zero-order valence-electron chi connectivity index (χ0n) is 13.9. The van der Waals surface area contributed by atoms with Gasteiger partial charge < -0.3 is 9.47 Å². The molecule has 2 rings (SSSR count). The lowest BCUT2D eigenvalue weighted by Gasteiger charge is -2.15. The lowest BCUT2D eigenvalue weighted by molar-refractivity contribution is 0.0602. The zero-order valence-corrected chi connectivity index (χ0v) is 14.7. The van der Waals surface area contributed by atoms with E-state index in [2.05, 4.69) is 9.46 Å². The first-order valence-corrected chi connectivity index (χ1v) is 8.64. The van der Waals surface area contributed by atoms with Crippen LogP contribution < -0.4 is 9.46 Å². The molecule has 0 fully saturated rings. The van der Waals surface area contributed by atoms with Crippen molar-refractivity contribution in [2.75, 3.05) is 18.9 Å². The molecular formula is C17H19NO5S. The van der Waals surface area contributed by atoms with Crippen LogP contribution in [0, 0.1) is 13.8 Å². The molecule has 0 unspecified atom stereocenters. The molecule has 0 aliphatic heterocycles. The molecule has 6 nitrogen and oxygen atoms in total. The van der Waals surface area contributed by atoms with Crippen molar-refractivity contribution < 1.29 is 22.7 Å². The number of carbonyl (C=O) groups excluding carboxylic acids is 1. The molecule has 0 heterocycles. The number of hydrogen-bond donors (Lipinski definition) is 1. The SMILES string of the molecule is COC(=O)c1ccccc1NS(=O)(=O)c1c(C)cc(OC)cc1C. The van der Waals surface area contributed by atoms with Gasteiger partial charge in [0.15, 0.2) is 0 Å². The Labute approximate surface area is 141 Å². The highest BCUT2D eigenvalue weighted by Crippen LogP contribution is 2.28. The Hall–Kier alpha value is -2.54. The van der Waals surface area contributed by atoms with Crippen molar-refractivity contribution in [3.63, 3.8) is 0 Å². The van der Waals surface area contributed by atoms with E-state index in [9.17, 15) is 13.2 Å². The maximum absolute atomic E-state index is 12.8. The monoisotopic (exact) mass is 349 g/mol. The quantitative estimate of drug-likeness (QED) is 0.840. The van der Waals surface area contributed by atoms with Crippen molar-refractivity contribution in [3.05, 3.63) is 53.1 Å². The van der Waals surface area contributed by atoms with Gasteiger partial charge in [-0.25, -0.2) is 13.2 Å². The second kappa shape index (κ2) is 6.92. The van der Waals surface area contributed by atoms with Gasteiger partial charge in [0.25, 0.3) is 10.0 Å². The lowest BCUT2D eigenvalue weighted by atomic mass is 10.1. The van der Waals surface area contributed by atoms with Crippen LogP contribution in [-0.2, 0) is 14.8 Å². The van der Waals surface area contributed by atoms with E-state index in [1.54, 1.807) is 38.1 Å². The van der Waals surface area contributed by atoms with Gasteiger partial charge in [-0.3, -0.25) is 4.72 Å². The fourth-order valence-corrected chi connectivity index (χ4v) is 4.04. The summed E-state index contributed by atoms with van der Waals surface area (Å²) in [6, 6.07) is 9.57. The van der Waals surface area contributed by atoms with Crippen LogP contribution in [0.25, 0.3) is 0 Å². The van der Waals surface area contributed by atoms with Gasteiger partial charge in [0, 0.05) is 0 Å². The number of para-hydroxylation sites is 1. The third-order valence-corrected chi connectivity index (χ3v) is 5.19. The van der Waals surface area contributed by atoms with E-state index in [4.69, 9.17) is 4.74 Å². The molecule has 0 saturated heterocycles. The van der Waals surface area contributed by atoms with Crippen molar-refractivity contribution in [2.45, 2.75) is 18.7 Å². The number of methoxy groups -OCH3 is 2. The number of carbonyl (C=O) groups is 1. The predicted molar refractivity (Wildman–Crippen MR) is 91.1 cm³/mol. The van der Waals surface area contributed by atoms with E-state index in [0.717, 1.165) is 0 Å². The third-order valence-electron chi connectivity index (χ3n) is 3.51. The number of aryl methyl sites for hydroxylation is 2. The Bertz CT molecular complexity index is 851. The standard InChI is InChI=1S/C17H19NO5S/c1-11-9-13(22-3)10-12(2)16(11)24(20,21)18-15-8-6-5-7-14(15)17(19)23-4/h5-10,18H,1-4H3. The summed E-state index contributed by atoms with van der Waals surface area (Å²) < 4.78 is 37.9. The largest absolute Gasteiger partial charge is 0.497 e. The molecule has 7 heteroatoms. The second-order valence-corrected chi connectivity index (χ2v) is 6.85. The minimum absolute atomic E-state index is 0.146. The Morgan fingerprint density at radius 3 is 2.17 bits per heavy atom. The summed E-state index contributed by atoms with van der Waals surface area (Å²) in [7, 11) is -1.11. The summed E-state index contributed by atoms with van der Waals surface area (Å²) in [6.07, 6.45) is 0.